The van der Waals surface area contributed by atoms with Gasteiger partial charge in [0.1, 0.15) is 11.3 Å². The molecule has 5 nitrogen and oxygen atoms in total. The van der Waals surface area contributed by atoms with Crippen molar-refractivity contribution in [1.82, 2.24) is 9.55 Å². The van der Waals surface area contributed by atoms with E-state index in [9.17, 15) is 27.9 Å². The highest BCUT2D eigenvalue weighted by atomic mass is 35.5. The molecule has 0 unspecified atom stereocenters. The third-order valence-corrected chi connectivity index (χ3v) is 5.49. The molecule has 31 heavy (non-hydrogen) atoms. The first-order valence-corrected chi connectivity index (χ1v) is 9.73. The van der Waals surface area contributed by atoms with Crippen LogP contribution in [0.15, 0.2) is 41.2 Å². The second kappa shape index (κ2) is 8.36. The van der Waals surface area contributed by atoms with Gasteiger partial charge in [-0.15, -0.1) is 0 Å². The van der Waals surface area contributed by atoms with Crippen LogP contribution in [0, 0.1) is 6.92 Å². The summed E-state index contributed by atoms with van der Waals surface area (Å²) >= 11 is 12.0. The van der Waals surface area contributed by atoms with Gasteiger partial charge in [-0.2, -0.15) is 13.2 Å². The lowest BCUT2D eigenvalue weighted by atomic mass is 9.98. The summed E-state index contributed by atoms with van der Waals surface area (Å²) < 4.78 is 40.9. The summed E-state index contributed by atoms with van der Waals surface area (Å²) in [6, 6.07) is 7.55. The lowest BCUT2D eigenvalue weighted by molar-refractivity contribution is -0.141. The van der Waals surface area contributed by atoms with Gasteiger partial charge in [0.25, 0.3) is 0 Å². The molecular weight excluding hydrogens is 456 g/mol. The van der Waals surface area contributed by atoms with Gasteiger partial charge in [0.2, 0.25) is 5.43 Å². The van der Waals surface area contributed by atoms with E-state index in [1.165, 1.54) is 35.8 Å². The SMILES string of the molecule is CCn1c(C)c(-c2cccc(C(F)(F)F)n2)c(=O)c(C(=O)O)c1-c1ccc(Cl)c(Cl)c1. The highest BCUT2D eigenvalue weighted by Crippen LogP contribution is 2.34. The number of rotatable bonds is 4. The fourth-order valence-electron chi connectivity index (χ4n) is 3.41. The molecule has 2 heterocycles. The van der Waals surface area contributed by atoms with E-state index in [2.05, 4.69) is 4.98 Å². The first-order chi connectivity index (χ1) is 14.5. The molecule has 2 aromatic heterocycles. The summed E-state index contributed by atoms with van der Waals surface area (Å²) in [6.07, 6.45) is -4.72. The Labute approximate surface area is 184 Å². The van der Waals surface area contributed by atoms with Crippen molar-refractivity contribution in [3.05, 3.63) is 73.6 Å². The first kappa shape index (κ1) is 22.8. The Morgan fingerprint density at radius 1 is 1.16 bits per heavy atom. The van der Waals surface area contributed by atoms with E-state index in [1.807, 2.05) is 0 Å². The van der Waals surface area contributed by atoms with Gasteiger partial charge in [0, 0.05) is 17.8 Å². The van der Waals surface area contributed by atoms with Gasteiger partial charge in [0.05, 0.1) is 27.0 Å². The second-order valence-electron chi connectivity index (χ2n) is 6.60. The zero-order valence-corrected chi connectivity index (χ0v) is 17.7. The molecule has 0 saturated heterocycles. The Morgan fingerprint density at radius 2 is 1.84 bits per heavy atom. The minimum absolute atomic E-state index is 0.0757. The van der Waals surface area contributed by atoms with Crippen molar-refractivity contribution in [2.45, 2.75) is 26.6 Å². The summed E-state index contributed by atoms with van der Waals surface area (Å²) in [4.78, 5) is 28.9. The van der Waals surface area contributed by atoms with Crippen LogP contribution >= 0.6 is 23.2 Å². The van der Waals surface area contributed by atoms with Crippen LogP contribution in [0.4, 0.5) is 13.2 Å². The number of hydrogen-bond acceptors (Lipinski definition) is 3. The molecule has 0 amide bonds. The molecule has 0 saturated carbocycles. The molecule has 0 aliphatic heterocycles. The summed E-state index contributed by atoms with van der Waals surface area (Å²) in [5.41, 5.74) is -2.52. The van der Waals surface area contributed by atoms with Crippen molar-refractivity contribution in [1.29, 1.82) is 0 Å². The van der Waals surface area contributed by atoms with Crippen molar-refractivity contribution in [2.24, 2.45) is 0 Å². The summed E-state index contributed by atoms with van der Waals surface area (Å²) in [6.45, 7) is 3.47. The van der Waals surface area contributed by atoms with Crippen LogP contribution in [0.2, 0.25) is 10.0 Å². The molecule has 3 aromatic rings. The third kappa shape index (κ3) is 4.18. The molecule has 0 fully saturated rings. The van der Waals surface area contributed by atoms with Gasteiger partial charge in [-0.25, -0.2) is 9.78 Å². The van der Waals surface area contributed by atoms with Crippen LogP contribution in [0.1, 0.15) is 28.7 Å². The third-order valence-electron chi connectivity index (χ3n) is 4.75. The lowest BCUT2D eigenvalue weighted by Gasteiger charge is -2.21. The van der Waals surface area contributed by atoms with Crippen molar-refractivity contribution < 1.29 is 23.1 Å². The Morgan fingerprint density at radius 3 is 2.39 bits per heavy atom. The van der Waals surface area contributed by atoms with E-state index in [-0.39, 0.29) is 39.2 Å². The van der Waals surface area contributed by atoms with Gasteiger partial charge < -0.3 is 9.67 Å². The highest BCUT2D eigenvalue weighted by molar-refractivity contribution is 6.42. The number of carboxylic acids is 1. The molecular formula is C21H15Cl2F3N2O3. The van der Waals surface area contributed by atoms with Gasteiger partial charge in [-0.1, -0.05) is 35.3 Å². The smallest absolute Gasteiger partial charge is 0.433 e. The fourth-order valence-corrected chi connectivity index (χ4v) is 3.70. The van der Waals surface area contributed by atoms with Gasteiger partial charge >= 0.3 is 12.1 Å². The highest BCUT2D eigenvalue weighted by Gasteiger charge is 2.33. The number of nitrogens with zero attached hydrogens (tertiary/aromatic N) is 2. The van der Waals surface area contributed by atoms with Gasteiger partial charge in [-0.05, 0) is 38.1 Å². The maximum atomic E-state index is 13.2. The number of carboxylic acid groups (broad SMARTS) is 1. The molecule has 1 N–H and O–H groups in total. The lowest BCUT2D eigenvalue weighted by Crippen LogP contribution is -2.25. The quantitative estimate of drug-likeness (QED) is 0.512. The molecule has 3 rings (SSSR count). The number of carbonyl (C=O) groups is 1. The Kier molecular flexibility index (Phi) is 6.16. The van der Waals surface area contributed by atoms with E-state index < -0.39 is 28.8 Å². The van der Waals surface area contributed by atoms with Crippen LogP contribution in [0.25, 0.3) is 22.5 Å². The molecule has 10 heteroatoms. The number of pyridine rings is 2. The molecule has 0 aliphatic rings. The number of halogens is 5. The number of benzene rings is 1. The van der Waals surface area contributed by atoms with E-state index in [0.29, 0.717) is 5.56 Å². The van der Waals surface area contributed by atoms with Gasteiger partial charge in [-0.3, -0.25) is 4.79 Å². The summed E-state index contributed by atoms with van der Waals surface area (Å²) in [5, 5.41) is 10.2. The largest absolute Gasteiger partial charge is 0.477 e. The molecule has 162 valence electrons. The minimum Gasteiger partial charge on any atom is -0.477 e. The normalized spacial score (nSPS) is 11.6. The predicted molar refractivity (Wildman–Crippen MR) is 112 cm³/mol. The molecule has 0 atom stereocenters. The van der Waals surface area contributed by atoms with Crippen LogP contribution < -0.4 is 5.43 Å². The zero-order valence-electron chi connectivity index (χ0n) is 16.2. The van der Waals surface area contributed by atoms with Crippen LogP contribution in [0.5, 0.6) is 0 Å². The van der Waals surface area contributed by atoms with Crippen LogP contribution in [-0.2, 0) is 12.7 Å². The maximum Gasteiger partial charge on any atom is 0.433 e. The number of aromatic nitrogens is 2. The van der Waals surface area contributed by atoms with Crippen molar-refractivity contribution in [3.8, 4) is 22.5 Å². The number of hydrogen-bond donors (Lipinski definition) is 1. The first-order valence-electron chi connectivity index (χ1n) is 8.98. The topological polar surface area (TPSA) is 72.2 Å². The summed E-state index contributed by atoms with van der Waals surface area (Å²) in [5.74, 6) is -1.53. The van der Waals surface area contributed by atoms with Crippen molar-refractivity contribution >= 4 is 29.2 Å². The molecule has 0 aliphatic carbocycles. The molecule has 1 aromatic carbocycles. The number of alkyl halides is 3. The Hall–Kier alpha value is -2.84. The monoisotopic (exact) mass is 470 g/mol. The van der Waals surface area contributed by atoms with E-state index in [1.54, 1.807) is 6.92 Å². The zero-order chi connectivity index (χ0) is 23.1. The van der Waals surface area contributed by atoms with Gasteiger partial charge in [0.15, 0.2) is 0 Å². The standard InChI is InChI=1S/C21H15Cl2F3N2O3/c1-3-28-10(2)16(14-5-4-6-15(27-14)21(24,25)26)19(29)17(20(30)31)18(28)11-7-8-12(22)13(23)9-11/h4-9H,3H2,1-2H3,(H,30,31). The van der Waals surface area contributed by atoms with Crippen LogP contribution in [-0.4, -0.2) is 20.6 Å². The number of aromatic carboxylic acids is 1. The maximum absolute atomic E-state index is 13.2. The minimum atomic E-state index is -4.72. The van der Waals surface area contributed by atoms with E-state index in [0.717, 1.165) is 12.1 Å². The molecule has 0 spiro atoms. The van der Waals surface area contributed by atoms with E-state index >= 15 is 0 Å². The predicted octanol–water partition coefficient (Wildman–Crippen LogP) is 5.93. The molecule has 0 radical (unpaired) electrons. The van der Waals surface area contributed by atoms with Crippen molar-refractivity contribution in [3.63, 3.8) is 0 Å². The average molecular weight is 471 g/mol. The average Bonchev–Trinajstić information content (AvgIpc) is 2.69. The van der Waals surface area contributed by atoms with E-state index in [4.69, 9.17) is 23.2 Å². The molecule has 0 bridgehead atoms. The van der Waals surface area contributed by atoms with Crippen LogP contribution in [0.3, 0.4) is 0 Å². The summed E-state index contributed by atoms with van der Waals surface area (Å²) in [7, 11) is 0. The second-order valence-corrected chi connectivity index (χ2v) is 7.41. The Balaban J connectivity index is 2.43. The van der Waals surface area contributed by atoms with Crippen molar-refractivity contribution in [2.75, 3.05) is 0 Å². The Bertz CT molecular complexity index is 1250. The fraction of sp³-hybridized carbons (Fsp3) is 0.190.